The fraction of sp³-hybridized carbons (Fsp3) is 0.583. The number of benzene rings is 1. The molecule has 0 radical (unpaired) electrons. The number of ether oxygens (including phenoxy) is 3. The van der Waals surface area contributed by atoms with Crippen LogP contribution in [0.25, 0.3) is 10.8 Å². The van der Waals surface area contributed by atoms with Crippen molar-refractivity contribution >= 4 is 44.6 Å². The van der Waals surface area contributed by atoms with Crippen molar-refractivity contribution in [3.8, 4) is 11.6 Å². The second-order valence-electron chi connectivity index (χ2n) is 14.9. The summed E-state index contributed by atoms with van der Waals surface area (Å²) in [6.07, 6.45) is 8.41. The number of rotatable bonds is 7. The van der Waals surface area contributed by atoms with Gasteiger partial charge in [-0.1, -0.05) is 25.0 Å². The highest BCUT2D eigenvalue weighted by atomic mass is 32.2. The quantitative estimate of drug-likeness (QED) is 0.358. The third-order valence-corrected chi connectivity index (χ3v) is 11.6. The lowest BCUT2D eigenvalue weighted by Gasteiger charge is -2.30. The van der Waals surface area contributed by atoms with Crippen LogP contribution in [0.5, 0.6) is 11.6 Å². The minimum absolute atomic E-state index is 0.00374. The van der Waals surface area contributed by atoms with Gasteiger partial charge in [-0.25, -0.2) is 18.2 Å². The predicted molar refractivity (Wildman–Crippen MR) is 187 cm³/mol. The van der Waals surface area contributed by atoms with Crippen LogP contribution in [-0.2, 0) is 29.1 Å². The smallest absolute Gasteiger partial charge is 0.408 e. The number of allylic oxidation sites excluding steroid dienone is 1. The van der Waals surface area contributed by atoms with E-state index in [4.69, 9.17) is 14.2 Å². The highest BCUT2D eigenvalue weighted by molar-refractivity contribution is 7.91. The van der Waals surface area contributed by atoms with Gasteiger partial charge in [-0.05, 0) is 88.9 Å². The molecule has 2 saturated carbocycles. The van der Waals surface area contributed by atoms with E-state index in [1.165, 1.54) is 4.90 Å². The number of fused-ring (bicyclic) bond motifs is 3. The molecule has 1 aromatic heterocycles. The summed E-state index contributed by atoms with van der Waals surface area (Å²) in [6.45, 7) is 5.18. The van der Waals surface area contributed by atoms with Gasteiger partial charge in [0, 0.05) is 23.9 Å². The van der Waals surface area contributed by atoms with Crippen LogP contribution in [-0.4, -0.2) is 90.3 Å². The molecule has 2 aromatic rings. The number of aromatic nitrogens is 1. The fourth-order valence-electron chi connectivity index (χ4n) is 6.80. The number of pyridine rings is 1. The molecule has 3 fully saturated rings. The molecule has 15 heteroatoms. The summed E-state index contributed by atoms with van der Waals surface area (Å²) >= 11 is 0. The molecule has 3 N–H and O–H groups in total. The molecule has 276 valence electrons. The summed E-state index contributed by atoms with van der Waals surface area (Å²) in [6, 6.07) is 5.19. The van der Waals surface area contributed by atoms with Crippen molar-refractivity contribution in [2.45, 2.75) is 113 Å². The molecule has 5 unspecified atom stereocenters. The fourth-order valence-corrected chi connectivity index (χ4v) is 8.17. The van der Waals surface area contributed by atoms with Gasteiger partial charge < -0.3 is 29.7 Å². The lowest BCUT2D eigenvalue weighted by atomic mass is 10.0. The number of hydrogen-bond acceptors (Lipinski definition) is 10. The zero-order valence-corrected chi connectivity index (χ0v) is 30.3. The average Bonchev–Trinajstić information content (AvgIpc) is 3.99. The molecule has 4 amide bonds. The first-order valence-corrected chi connectivity index (χ1v) is 19.2. The molecule has 14 nitrogen and oxygen atoms in total. The molecule has 1 saturated heterocycles. The number of hydrogen-bond donors (Lipinski definition) is 3. The minimum atomic E-state index is -3.88. The van der Waals surface area contributed by atoms with Crippen molar-refractivity contribution in [1.29, 1.82) is 0 Å². The standard InChI is InChI=1S/C36H47N5O9S/c1-35(2,3)50-34(45)38-28-11-9-7-5-6-8-10-23-20-36(23,33(44)40-51(46,47)26-13-14-26)39-30(42)29-19-25(21-41(29)32(28)43)49-31-27-15-12-24(48-4)18-22(27)16-17-37-31/h8,10,12,15-18,23,25-26,28-29H,5-7,9,11,13-14,19-21H2,1-4H3,(H,38,45)(H,39,42)(H,40,44). The summed E-state index contributed by atoms with van der Waals surface area (Å²) in [7, 11) is -2.31. The van der Waals surface area contributed by atoms with Gasteiger partial charge in [-0.15, -0.1) is 0 Å². The number of sulfonamides is 1. The van der Waals surface area contributed by atoms with Crippen molar-refractivity contribution in [2.75, 3.05) is 13.7 Å². The van der Waals surface area contributed by atoms with Gasteiger partial charge in [-0.2, -0.15) is 0 Å². The Morgan fingerprint density at radius 2 is 1.86 bits per heavy atom. The first-order chi connectivity index (χ1) is 24.2. The molecule has 2 aliphatic carbocycles. The maximum atomic E-state index is 14.4. The Bertz CT molecular complexity index is 1820. The van der Waals surface area contributed by atoms with Crippen LogP contribution < -0.4 is 24.8 Å². The summed E-state index contributed by atoms with van der Waals surface area (Å²) < 4.78 is 45.0. The third kappa shape index (κ3) is 8.40. The van der Waals surface area contributed by atoms with Crippen LogP contribution in [0.1, 0.15) is 78.6 Å². The predicted octanol–water partition coefficient (Wildman–Crippen LogP) is 3.49. The van der Waals surface area contributed by atoms with E-state index in [-0.39, 0.29) is 19.4 Å². The minimum Gasteiger partial charge on any atom is -0.497 e. The molecule has 51 heavy (non-hydrogen) atoms. The van der Waals surface area contributed by atoms with Gasteiger partial charge in [0.1, 0.15) is 35.1 Å². The Labute approximate surface area is 298 Å². The number of carbonyl (C=O) groups excluding carboxylic acids is 4. The zero-order chi connectivity index (χ0) is 36.6. The largest absolute Gasteiger partial charge is 0.497 e. The molecule has 1 aromatic carbocycles. The van der Waals surface area contributed by atoms with Gasteiger partial charge in [0.15, 0.2) is 0 Å². The maximum absolute atomic E-state index is 14.4. The zero-order valence-electron chi connectivity index (χ0n) is 29.5. The number of amides is 4. The lowest BCUT2D eigenvalue weighted by Crippen LogP contribution is -2.58. The Morgan fingerprint density at radius 3 is 2.59 bits per heavy atom. The second kappa shape index (κ2) is 14.3. The van der Waals surface area contributed by atoms with E-state index in [0.717, 1.165) is 18.2 Å². The Morgan fingerprint density at radius 1 is 1.08 bits per heavy atom. The molecule has 6 rings (SSSR count). The number of methoxy groups -OCH3 is 1. The summed E-state index contributed by atoms with van der Waals surface area (Å²) in [5.74, 6) is -1.34. The molecule has 0 bridgehead atoms. The highest BCUT2D eigenvalue weighted by Gasteiger charge is 2.62. The third-order valence-electron chi connectivity index (χ3n) is 9.75. The van der Waals surface area contributed by atoms with Gasteiger partial charge >= 0.3 is 6.09 Å². The van der Waals surface area contributed by atoms with Crippen LogP contribution in [0.15, 0.2) is 42.6 Å². The molecular weight excluding hydrogens is 678 g/mol. The molecular formula is C36H47N5O9S. The van der Waals surface area contributed by atoms with Crippen molar-refractivity contribution in [3.05, 3.63) is 42.6 Å². The van der Waals surface area contributed by atoms with Crippen LogP contribution in [0.2, 0.25) is 0 Å². The van der Waals surface area contributed by atoms with Crippen LogP contribution in [0.4, 0.5) is 4.79 Å². The van der Waals surface area contributed by atoms with E-state index in [0.29, 0.717) is 49.1 Å². The van der Waals surface area contributed by atoms with E-state index in [9.17, 15) is 27.6 Å². The van der Waals surface area contributed by atoms with Gasteiger partial charge in [-0.3, -0.25) is 19.1 Å². The first-order valence-electron chi connectivity index (χ1n) is 17.6. The van der Waals surface area contributed by atoms with E-state index < -0.39 is 74.3 Å². The number of carbonyl (C=O) groups is 4. The van der Waals surface area contributed by atoms with Gasteiger partial charge in [0.2, 0.25) is 27.7 Å². The Hall–Kier alpha value is -4.40. The first kappa shape index (κ1) is 36.4. The van der Waals surface area contributed by atoms with Crippen molar-refractivity contribution in [3.63, 3.8) is 0 Å². The molecule has 4 aliphatic rings. The van der Waals surface area contributed by atoms with Crippen LogP contribution in [0.3, 0.4) is 0 Å². The Kier molecular flexibility index (Phi) is 10.2. The van der Waals surface area contributed by atoms with E-state index in [1.54, 1.807) is 40.1 Å². The van der Waals surface area contributed by atoms with Crippen molar-refractivity contribution < 1.29 is 41.8 Å². The summed E-state index contributed by atoms with van der Waals surface area (Å²) in [5.41, 5.74) is -2.29. The molecule has 5 atom stereocenters. The molecule has 3 heterocycles. The maximum Gasteiger partial charge on any atom is 0.408 e. The highest BCUT2D eigenvalue weighted by Crippen LogP contribution is 2.46. The SMILES string of the molecule is COc1ccc2c(OC3CC4C(=O)NC5(C(=O)NS(=O)(=O)C6CC6)CC5C=CCCCCCC(NC(=O)OC(C)(C)C)C(=O)N4C3)nccc2c1. The van der Waals surface area contributed by atoms with Gasteiger partial charge in [0.25, 0.3) is 5.91 Å². The average molecular weight is 726 g/mol. The van der Waals surface area contributed by atoms with Crippen LogP contribution >= 0.6 is 0 Å². The van der Waals surface area contributed by atoms with Crippen molar-refractivity contribution in [2.24, 2.45) is 5.92 Å². The lowest BCUT2D eigenvalue weighted by molar-refractivity contribution is -0.141. The summed E-state index contributed by atoms with van der Waals surface area (Å²) in [5, 5.41) is 6.51. The number of nitrogens with one attached hydrogen (secondary N) is 3. The molecule has 2 aliphatic heterocycles. The van der Waals surface area contributed by atoms with E-state index in [1.807, 2.05) is 30.4 Å². The van der Waals surface area contributed by atoms with E-state index >= 15 is 0 Å². The van der Waals surface area contributed by atoms with Gasteiger partial charge in [0.05, 0.1) is 18.9 Å². The van der Waals surface area contributed by atoms with Crippen LogP contribution in [0, 0.1) is 5.92 Å². The van der Waals surface area contributed by atoms with E-state index in [2.05, 4.69) is 20.3 Å². The topological polar surface area (TPSA) is 182 Å². The number of alkyl carbamates (subject to hydrolysis) is 1. The second-order valence-corrected chi connectivity index (χ2v) is 16.9. The summed E-state index contributed by atoms with van der Waals surface area (Å²) in [4.78, 5) is 61.1. The molecule has 0 spiro atoms. The monoisotopic (exact) mass is 725 g/mol. The van der Waals surface area contributed by atoms with Crippen molar-refractivity contribution in [1.82, 2.24) is 25.2 Å². The normalized spacial score (nSPS) is 27.3. The number of nitrogens with zero attached hydrogens (tertiary/aromatic N) is 2. The Balaban J connectivity index is 1.30.